The molecule has 1 aliphatic heterocycles. The number of anilines is 1. The van der Waals surface area contributed by atoms with Crippen molar-refractivity contribution in [2.75, 3.05) is 11.4 Å². The zero-order valence-corrected chi connectivity index (χ0v) is 12.3. The minimum atomic E-state index is -0.844. The van der Waals surface area contributed by atoms with Gasteiger partial charge in [-0.3, -0.25) is 9.59 Å². The Morgan fingerprint density at radius 3 is 2.81 bits per heavy atom. The lowest BCUT2D eigenvalue weighted by Crippen LogP contribution is -2.37. The Hall–Kier alpha value is -2.21. The molecule has 1 atom stereocenters. The summed E-state index contributed by atoms with van der Waals surface area (Å²) in [5.74, 6) is -1.51. The smallest absolute Gasteiger partial charge is 0.311 e. The highest BCUT2D eigenvalue weighted by Gasteiger charge is 2.33. The van der Waals surface area contributed by atoms with E-state index in [-0.39, 0.29) is 5.91 Å². The maximum atomic E-state index is 12.6. The molecule has 0 radical (unpaired) electrons. The Kier molecular flexibility index (Phi) is 3.47. The van der Waals surface area contributed by atoms with Gasteiger partial charge in [-0.15, -0.1) is 11.3 Å². The van der Waals surface area contributed by atoms with E-state index >= 15 is 0 Å². The highest BCUT2D eigenvalue weighted by atomic mass is 32.1. The van der Waals surface area contributed by atoms with Crippen LogP contribution in [0, 0.1) is 6.92 Å². The van der Waals surface area contributed by atoms with Gasteiger partial charge in [-0.1, -0.05) is 18.2 Å². The second kappa shape index (κ2) is 5.29. The summed E-state index contributed by atoms with van der Waals surface area (Å²) >= 11 is 1.35. The highest BCUT2D eigenvalue weighted by molar-refractivity contribution is 7.13. The zero-order valence-electron chi connectivity index (χ0n) is 11.4. The number of carbonyl (C=O) groups excluding carboxylic acids is 1. The average molecular weight is 302 g/mol. The van der Waals surface area contributed by atoms with E-state index in [4.69, 9.17) is 0 Å². The Balaban J connectivity index is 2.00. The van der Waals surface area contributed by atoms with Crippen LogP contribution in [0.4, 0.5) is 5.69 Å². The number of para-hydroxylation sites is 1. The van der Waals surface area contributed by atoms with Crippen molar-refractivity contribution in [1.29, 1.82) is 0 Å². The van der Waals surface area contributed by atoms with Gasteiger partial charge in [-0.2, -0.15) is 0 Å². The summed E-state index contributed by atoms with van der Waals surface area (Å²) in [6, 6.07) is 7.21. The van der Waals surface area contributed by atoms with E-state index in [9.17, 15) is 14.7 Å². The molecule has 5 nitrogen and oxygen atoms in total. The van der Waals surface area contributed by atoms with Crippen LogP contribution < -0.4 is 4.90 Å². The number of aliphatic carboxylic acids is 1. The summed E-state index contributed by atoms with van der Waals surface area (Å²) in [6.07, 6.45) is 2.00. The maximum absolute atomic E-state index is 12.6. The van der Waals surface area contributed by atoms with Crippen LogP contribution in [-0.4, -0.2) is 28.5 Å². The number of rotatable bonds is 2. The van der Waals surface area contributed by atoms with Crippen LogP contribution in [0.5, 0.6) is 0 Å². The second-order valence-electron chi connectivity index (χ2n) is 4.94. The zero-order chi connectivity index (χ0) is 15.0. The minimum Gasteiger partial charge on any atom is -0.481 e. The van der Waals surface area contributed by atoms with E-state index in [0.29, 0.717) is 29.1 Å². The van der Waals surface area contributed by atoms with Gasteiger partial charge in [0.25, 0.3) is 5.91 Å². The number of benzene rings is 1. The first-order valence-electron chi connectivity index (χ1n) is 6.64. The van der Waals surface area contributed by atoms with Gasteiger partial charge in [0.1, 0.15) is 4.88 Å². The molecule has 2 heterocycles. The molecule has 0 bridgehead atoms. The monoisotopic (exact) mass is 302 g/mol. The second-order valence-corrected chi connectivity index (χ2v) is 6.17. The number of nitrogens with zero attached hydrogens (tertiary/aromatic N) is 2. The van der Waals surface area contributed by atoms with E-state index in [1.807, 2.05) is 13.0 Å². The lowest BCUT2D eigenvalue weighted by Gasteiger charge is -2.32. The van der Waals surface area contributed by atoms with Gasteiger partial charge in [-0.25, -0.2) is 4.98 Å². The fourth-order valence-electron chi connectivity index (χ4n) is 2.62. The lowest BCUT2D eigenvalue weighted by atomic mass is 9.90. The molecule has 6 heteroatoms. The standard InChI is InChI=1S/C15H14N2O3S/c1-9-16-8-13(21-9)14(18)17-7-6-11(15(19)20)10-4-2-3-5-12(10)17/h2-5,8,11H,6-7H2,1H3,(H,19,20). The average Bonchev–Trinajstić information content (AvgIpc) is 2.91. The van der Waals surface area contributed by atoms with E-state index in [2.05, 4.69) is 4.98 Å². The van der Waals surface area contributed by atoms with Crippen molar-refractivity contribution >= 4 is 28.9 Å². The van der Waals surface area contributed by atoms with Crippen molar-refractivity contribution in [1.82, 2.24) is 4.98 Å². The van der Waals surface area contributed by atoms with Crippen LogP contribution >= 0.6 is 11.3 Å². The van der Waals surface area contributed by atoms with Crippen molar-refractivity contribution in [2.45, 2.75) is 19.3 Å². The number of hydrogen-bond donors (Lipinski definition) is 1. The van der Waals surface area contributed by atoms with E-state index < -0.39 is 11.9 Å². The summed E-state index contributed by atoms with van der Waals surface area (Å²) < 4.78 is 0. The fourth-order valence-corrected chi connectivity index (χ4v) is 3.35. The number of hydrogen-bond acceptors (Lipinski definition) is 4. The van der Waals surface area contributed by atoms with E-state index in [1.165, 1.54) is 11.3 Å². The molecule has 0 saturated heterocycles. The van der Waals surface area contributed by atoms with Crippen molar-refractivity contribution in [3.63, 3.8) is 0 Å². The third-order valence-corrected chi connectivity index (χ3v) is 4.52. The van der Waals surface area contributed by atoms with Gasteiger partial charge >= 0.3 is 5.97 Å². The van der Waals surface area contributed by atoms with Crippen molar-refractivity contribution < 1.29 is 14.7 Å². The van der Waals surface area contributed by atoms with E-state index in [0.717, 1.165) is 5.01 Å². The van der Waals surface area contributed by atoms with Crippen molar-refractivity contribution in [3.8, 4) is 0 Å². The normalized spacial score (nSPS) is 17.4. The van der Waals surface area contributed by atoms with E-state index in [1.54, 1.807) is 29.3 Å². The van der Waals surface area contributed by atoms with Gasteiger partial charge in [0, 0.05) is 12.2 Å². The number of fused-ring (bicyclic) bond motifs is 1. The molecule has 1 amide bonds. The molecule has 1 unspecified atom stereocenters. The number of carbonyl (C=O) groups is 2. The molecule has 108 valence electrons. The lowest BCUT2D eigenvalue weighted by molar-refractivity contribution is -0.139. The molecule has 1 aromatic carbocycles. The highest BCUT2D eigenvalue weighted by Crippen LogP contribution is 2.36. The molecular formula is C15H14N2O3S. The molecule has 1 N–H and O–H groups in total. The molecule has 0 aliphatic carbocycles. The summed E-state index contributed by atoms with van der Waals surface area (Å²) in [7, 11) is 0. The van der Waals surface area contributed by atoms with Crippen LogP contribution in [0.2, 0.25) is 0 Å². The first kappa shape index (κ1) is 13.8. The molecule has 0 fully saturated rings. The Labute approximate surface area is 125 Å². The maximum Gasteiger partial charge on any atom is 0.311 e. The Bertz CT molecular complexity index is 710. The number of carboxylic acids is 1. The Morgan fingerprint density at radius 1 is 1.38 bits per heavy atom. The van der Waals surface area contributed by atoms with Crippen molar-refractivity contribution in [2.24, 2.45) is 0 Å². The number of aryl methyl sites for hydroxylation is 1. The molecule has 0 saturated carbocycles. The number of thiazole rings is 1. The molecule has 0 spiro atoms. The van der Waals surface area contributed by atoms with Gasteiger partial charge in [0.2, 0.25) is 0 Å². The predicted octanol–water partition coefficient (Wildman–Crippen LogP) is 2.67. The SMILES string of the molecule is Cc1ncc(C(=O)N2CCC(C(=O)O)c3ccccc32)s1. The van der Waals surface area contributed by atoms with Crippen LogP contribution in [-0.2, 0) is 4.79 Å². The predicted molar refractivity (Wildman–Crippen MR) is 80.0 cm³/mol. The summed E-state index contributed by atoms with van der Waals surface area (Å²) in [5, 5.41) is 10.2. The van der Waals surface area contributed by atoms with Crippen molar-refractivity contribution in [3.05, 3.63) is 45.9 Å². The number of carboxylic acid groups (broad SMARTS) is 1. The summed E-state index contributed by atoms with van der Waals surface area (Å²) in [6.45, 7) is 2.26. The topological polar surface area (TPSA) is 70.5 Å². The molecule has 1 aliphatic rings. The van der Waals surface area contributed by atoms with Gasteiger partial charge in [0.05, 0.1) is 17.1 Å². The first-order valence-corrected chi connectivity index (χ1v) is 7.45. The van der Waals surface area contributed by atoms with Crippen LogP contribution in [0.1, 0.15) is 32.6 Å². The van der Waals surface area contributed by atoms with Crippen LogP contribution in [0.3, 0.4) is 0 Å². The van der Waals surface area contributed by atoms with Crippen LogP contribution in [0.25, 0.3) is 0 Å². The quantitative estimate of drug-likeness (QED) is 0.926. The number of aromatic nitrogens is 1. The molecular weight excluding hydrogens is 288 g/mol. The fraction of sp³-hybridized carbons (Fsp3) is 0.267. The van der Waals surface area contributed by atoms with Gasteiger partial charge in [-0.05, 0) is 25.0 Å². The molecule has 21 heavy (non-hydrogen) atoms. The van der Waals surface area contributed by atoms with Gasteiger partial charge < -0.3 is 10.0 Å². The summed E-state index contributed by atoms with van der Waals surface area (Å²) in [5.41, 5.74) is 1.39. The minimum absolute atomic E-state index is 0.114. The molecule has 2 aromatic rings. The number of amides is 1. The van der Waals surface area contributed by atoms with Gasteiger partial charge in [0.15, 0.2) is 0 Å². The first-order chi connectivity index (χ1) is 10.1. The Morgan fingerprint density at radius 2 is 2.14 bits per heavy atom. The third-order valence-electron chi connectivity index (χ3n) is 3.62. The third kappa shape index (κ3) is 2.42. The molecule has 1 aromatic heterocycles. The largest absolute Gasteiger partial charge is 0.481 e. The summed E-state index contributed by atoms with van der Waals surface area (Å²) in [4.78, 5) is 30.3. The van der Waals surface area contributed by atoms with Crippen LogP contribution in [0.15, 0.2) is 30.5 Å². The molecule has 3 rings (SSSR count).